The minimum Gasteiger partial charge on any atom is -0.490 e. The summed E-state index contributed by atoms with van der Waals surface area (Å²) in [4.78, 5) is 16.6. The molecule has 30 heavy (non-hydrogen) atoms. The fourth-order valence-electron chi connectivity index (χ4n) is 2.88. The van der Waals surface area contributed by atoms with E-state index >= 15 is 0 Å². The van der Waals surface area contributed by atoms with Crippen LogP contribution < -0.4 is 25.4 Å². The lowest BCUT2D eigenvalue weighted by Crippen LogP contribution is -2.42. The third-order valence-corrected chi connectivity index (χ3v) is 4.22. The van der Waals surface area contributed by atoms with Gasteiger partial charge in [-0.15, -0.1) is 0 Å². The van der Waals surface area contributed by atoms with Crippen LogP contribution >= 0.6 is 0 Å². The van der Waals surface area contributed by atoms with Gasteiger partial charge in [-0.2, -0.15) is 0 Å². The van der Waals surface area contributed by atoms with Crippen molar-refractivity contribution in [2.75, 3.05) is 45.3 Å². The molecule has 0 unspecified atom stereocenters. The third kappa shape index (κ3) is 9.35. The normalized spacial score (nSPS) is 14.1. The highest BCUT2D eigenvalue weighted by Crippen LogP contribution is 2.32. The molecule has 0 spiro atoms. The van der Waals surface area contributed by atoms with E-state index in [0.717, 1.165) is 50.3 Å². The molecule has 2 rings (SSSR count). The van der Waals surface area contributed by atoms with E-state index < -0.39 is 0 Å². The lowest BCUT2D eigenvalue weighted by molar-refractivity contribution is -0.121. The number of unbranched alkanes of at least 4 members (excludes halogenated alkanes) is 2. The average Bonchev–Trinajstić information content (AvgIpc) is 2.92. The van der Waals surface area contributed by atoms with Crippen LogP contribution in [0.15, 0.2) is 23.2 Å². The van der Waals surface area contributed by atoms with Crippen molar-refractivity contribution in [2.24, 2.45) is 4.99 Å². The van der Waals surface area contributed by atoms with Crippen molar-refractivity contribution in [3.8, 4) is 11.5 Å². The standard InChI is InChI=1S/C22H36N4O4/c1-22(2,3)26-20(27)16-24-21(23-11-6-5-7-12-28-4)25-17-9-10-18-19(15-17)30-14-8-13-29-18/h9-10,15H,5-8,11-14,16H2,1-4H3,(H,26,27)(H2,23,24,25). The fourth-order valence-corrected chi connectivity index (χ4v) is 2.88. The Bertz CT molecular complexity index is 701. The summed E-state index contributed by atoms with van der Waals surface area (Å²) in [6.07, 6.45) is 3.92. The second-order valence-electron chi connectivity index (χ2n) is 8.28. The summed E-state index contributed by atoms with van der Waals surface area (Å²) in [7, 11) is 1.71. The minimum absolute atomic E-state index is 0.0425. The molecule has 1 aromatic carbocycles. The number of hydrogen-bond donors (Lipinski definition) is 3. The van der Waals surface area contributed by atoms with Crippen LogP contribution in [0.3, 0.4) is 0 Å². The number of methoxy groups -OCH3 is 1. The Morgan fingerprint density at radius 3 is 2.63 bits per heavy atom. The number of aliphatic imine (C=N–C) groups is 1. The molecule has 0 aliphatic carbocycles. The third-order valence-electron chi connectivity index (χ3n) is 4.22. The van der Waals surface area contributed by atoms with Gasteiger partial charge in [0.1, 0.15) is 6.54 Å². The van der Waals surface area contributed by atoms with Crippen LogP contribution in [0.4, 0.5) is 5.69 Å². The van der Waals surface area contributed by atoms with E-state index in [4.69, 9.17) is 14.2 Å². The molecule has 1 aliphatic rings. The van der Waals surface area contributed by atoms with Gasteiger partial charge in [0.15, 0.2) is 17.5 Å². The maximum absolute atomic E-state index is 12.2. The molecule has 0 fully saturated rings. The van der Waals surface area contributed by atoms with Crippen LogP contribution in [0.1, 0.15) is 46.5 Å². The number of anilines is 1. The number of fused-ring (bicyclic) bond motifs is 1. The number of carbonyl (C=O) groups excluding carboxylic acids is 1. The van der Waals surface area contributed by atoms with E-state index in [-0.39, 0.29) is 18.0 Å². The molecule has 8 heteroatoms. The van der Waals surface area contributed by atoms with E-state index in [1.54, 1.807) is 7.11 Å². The Hall–Kier alpha value is -2.48. The fraction of sp³-hybridized carbons (Fsp3) is 0.636. The van der Waals surface area contributed by atoms with Crippen molar-refractivity contribution in [3.63, 3.8) is 0 Å². The number of hydrogen-bond acceptors (Lipinski definition) is 5. The van der Waals surface area contributed by atoms with Gasteiger partial charge in [0.2, 0.25) is 5.91 Å². The van der Waals surface area contributed by atoms with E-state index in [1.807, 2.05) is 39.0 Å². The predicted molar refractivity (Wildman–Crippen MR) is 120 cm³/mol. The first-order valence-electron chi connectivity index (χ1n) is 10.6. The van der Waals surface area contributed by atoms with Crippen molar-refractivity contribution in [3.05, 3.63) is 18.2 Å². The number of nitrogens with one attached hydrogen (secondary N) is 3. The second kappa shape index (κ2) is 12.3. The molecule has 0 radical (unpaired) electrons. The van der Waals surface area contributed by atoms with Crippen LogP contribution in [0.5, 0.6) is 11.5 Å². The minimum atomic E-state index is -0.288. The van der Waals surface area contributed by atoms with E-state index in [0.29, 0.717) is 24.9 Å². The molecular formula is C22H36N4O4. The molecule has 0 bridgehead atoms. The van der Waals surface area contributed by atoms with Gasteiger partial charge in [-0.05, 0) is 52.2 Å². The topological polar surface area (TPSA) is 93.2 Å². The highest BCUT2D eigenvalue weighted by molar-refractivity contribution is 5.95. The van der Waals surface area contributed by atoms with Crippen LogP contribution in [-0.4, -0.2) is 57.4 Å². The predicted octanol–water partition coefficient (Wildman–Crippen LogP) is 2.94. The summed E-state index contributed by atoms with van der Waals surface area (Å²) in [6.45, 7) is 8.69. The highest BCUT2D eigenvalue weighted by atomic mass is 16.5. The van der Waals surface area contributed by atoms with Crippen molar-refractivity contribution in [2.45, 2.75) is 52.0 Å². The lowest BCUT2D eigenvalue weighted by atomic mass is 10.1. The zero-order valence-electron chi connectivity index (χ0n) is 18.7. The zero-order valence-corrected chi connectivity index (χ0v) is 18.7. The summed E-state index contributed by atoms with van der Waals surface area (Å²) >= 11 is 0. The summed E-state index contributed by atoms with van der Waals surface area (Å²) < 4.78 is 16.5. The highest BCUT2D eigenvalue weighted by Gasteiger charge is 2.14. The van der Waals surface area contributed by atoms with Crippen molar-refractivity contribution >= 4 is 17.6 Å². The number of carbonyl (C=O) groups is 1. The Labute approximate surface area is 179 Å². The summed E-state index contributed by atoms with van der Waals surface area (Å²) in [5.41, 5.74) is 0.532. The first-order valence-corrected chi connectivity index (χ1v) is 10.6. The van der Waals surface area contributed by atoms with Crippen molar-refractivity contribution in [1.82, 2.24) is 10.6 Å². The molecule has 0 saturated carbocycles. The van der Waals surface area contributed by atoms with Crippen LogP contribution in [-0.2, 0) is 9.53 Å². The molecule has 168 valence electrons. The van der Waals surface area contributed by atoms with Gasteiger partial charge in [0.25, 0.3) is 0 Å². The molecule has 1 aromatic rings. The van der Waals surface area contributed by atoms with Crippen molar-refractivity contribution in [1.29, 1.82) is 0 Å². The maximum atomic E-state index is 12.2. The SMILES string of the molecule is COCCCCCNC(=NCC(=O)NC(C)(C)C)Nc1ccc2c(c1)OCCCO2. The lowest BCUT2D eigenvalue weighted by Gasteiger charge is -2.20. The monoisotopic (exact) mass is 420 g/mol. The number of guanidine groups is 1. The molecule has 0 saturated heterocycles. The smallest absolute Gasteiger partial charge is 0.242 e. The second-order valence-corrected chi connectivity index (χ2v) is 8.28. The van der Waals surface area contributed by atoms with E-state index in [2.05, 4.69) is 20.9 Å². The van der Waals surface area contributed by atoms with Crippen LogP contribution in [0.25, 0.3) is 0 Å². The molecule has 1 aliphatic heterocycles. The largest absolute Gasteiger partial charge is 0.490 e. The Morgan fingerprint density at radius 2 is 1.90 bits per heavy atom. The van der Waals surface area contributed by atoms with E-state index in [1.165, 1.54) is 0 Å². The van der Waals surface area contributed by atoms with Gasteiger partial charge in [-0.25, -0.2) is 4.99 Å². The van der Waals surface area contributed by atoms with E-state index in [9.17, 15) is 4.79 Å². The molecule has 8 nitrogen and oxygen atoms in total. The zero-order chi connectivity index (χ0) is 21.8. The number of nitrogens with zero attached hydrogens (tertiary/aromatic N) is 1. The molecule has 3 N–H and O–H groups in total. The van der Waals surface area contributed by atoms with Crippen LogP contribution in [0, 0.1) is 0 Å². The molecule has 1 heterocycles. The van der Waals surface area contributed by atoms with Gasteiger partial charge in [-0.1, -0.05) is 0 Å². The quantitative estimate of drug-likeness (QED) is 0.323. The van der Waals surface area contributed by atoms with Gasteiger partial charge < -0.3 is 30.2 Å². The van der Waals surface area contributed by atoms with Crippen LogP contribution in [0.2, 0.25) is 0 Å². The summed E-state index contributed by atoms with van der Waals surface area (Å²) in [6, 6.07) is 5.70. The Balaban J connectivity index is 1.99. The molecule has 0 aromatic heterocycles. The number of amides is 1. The first-order chi connectivity index (χ1) is 14.4. The number of rotatable bonds is 9. The first kappa shape index (κ1) is 23.8. The number of benzene rings is 1. The maximum Gasteiger partial charge on any atom is 0.242 e. The Morgan fingerprint density at radius 1 is 1.13 bits per heavy atom. The summed E-state index contributed by atoms with van der Waals surface area (Å²) in [5.74, 6) is 1.89. The van der Waals surface area contributed by atoms with Gasteiger partial charge in [0, 0.05) is 44.0 Å². The van der Waals surface area contributed by atoms with Crippen molar-refractivity contribution < 1.29 is 19.0 Å². The average molecular weight is 421 g/mol. The van der Waals surface area contributed by atoms with Gasteiger partial charge in [0.05, 0.1) is 13.2 Å². The van der Waals surface area contributed by atoms with Gasteiger partial charge in [-0.3, -0.25) is 4.79 Å². The van der Waals surface area contributed by atoms with Gasteiger partial charge >= 0.3 is 0 Å². The summed E-state index contributed by atoms with van der Waals surface area (Å²) in [5, 5.41) is 9.49. The Kier molecular flexibility index (Phi) is 9.73. The molecular weight excluding hydrogens is 384 g/mol. The molecule has 0 atom stereocenters. The number of ether oxygens (including phenoxy) is 3. The molecule has 1 amide bonds.